The molecule has 1 spiro atoms. The fraction of sp³-hybridized carbons (Fsp3) is 0.733. The molecular formula is C15H22INO. The van der Waals surface area contributed by atoms with E-state index in [1.54, 1.807) is 0 Å². The maximum absolute atomic E-state index is 6.34. The molecule has 3 rings (SSSR count). The maximum atomic E-state index is 6.34. The predicted octanol–water partition coefficient (Wildman–Crippen LogP) is 4.22. The zero-order valence-corrected chi connectivity index (χ0v) is 13.0. The zero-order chi connectivity index (χ0) is 12.6. The topological polar surface area (TPSA) is 12.5 Å². The van der Waals surface area contributed by atoms with Crippen molar-refractivity contribution in [1.82, 2.24) is 5.06 Å². The first-order valence-electron chi connectivity index (χ1n) is 7.16. The van der Waals surface area contributed by atoms with Crippen LogP contribution in [0, 0.1) is 5.92 Å². The Kier molecular flexibility index (Phi) is 3.83. The van der Waals surface area contributed by atoms with Crippen LogP contribution in [0.3, 0.4) is 0 Å². The molecule has 3 fully saturated rings. The minimum absolute atomic E-state index is 0.302. The fourth-order valence-corrected chi connectivity index (χ4v) is 4.78. The van der Waals surface area contributed by atoms with Gasteiger partial charge in [0, 0.05) is 12.0 Å². The van der Waals surface area contributed by atoms with Gasteiger partial charge in [0.05, 0.1) is 11.6 Å². The monoisotopic (exact) mass is 359 g/mol. The van der Waals surface area contributed by atoms with Crippen LogP contribution < -0.4 is 0 Å². The molecule has 0 unspecified atom stereocenters. The summed E-state index contributed by atoms with van der Waals surface area (Å²) in [5.41, 5.74) is 0.302. The van der Waals surface area contributed by atoms with Crippen molar-refractivity contribution in [2.45, 2.75) is 62.6 Å². The molecule has 2 nitrogen and oxygen atoms in total. The van der Waals surface area contributed by atoms with Crippen molar-refractivity contribution in [3.63, 3.8) is 0 Å². The number of hydroxylamine groups is 2. The number of rotatable bonds is 3. The minimum atomic E-state index is 0.302. The summed E-state index contributed by atoms with van der Waals surface area (Å²) < 4.78 is 2.19. The molecule has 3 aliphatic rings. The lowest BCUT2D eigenvalue weighted by Crippen LogP contribution is -2.55. The second-order valence-corrected chi connectivity index (χ2v) is 6.60. The van der Waals surface area contributed by atoms with Crippen molar-refractivity contribution < 1.29 is 4.84 Å². The van der Waals surface area contributed by atoms with E-state index in [0.29, 0.717) is 23.6 Å². The molecule has 0 aromatic heterocycles. The van der Waals surface area contributed by atoms with Gasteiger partial charge in [-0.3, -0.25) is 4.84 Å². The standard InChI is InChI=1S/C15H22INO/c1-2-5-12-6-3-9-15-10-4-7-14(18-17(12)15)13(15)8-11-16/h2,8,11-14H,1,3-7,9-10H2/b11-8-/t12-,13-,14+,15-/m1/s1. The van der Waals surface area contributed by atoms with Crippen LogP contribution in [0.15, 0.2) is 22.8 Å². The molecule has 2 aliphatic heterocycles. The van der Waals surface area contributed by atoms with E-state index in [-0.39, 0.29) is 0 Å². The molecule has 3 heteroatoms. The van der Waals surface area contributed by atoms with Crippen LogP contribution >= 0.6 is 22.6 Å². The molecule has 0 amide bonds. The van der Waals surface area contributed by atoms with Gasteiger partial charge in [-0.1, -0.05) is 34.7 Å². The van der Waals surface area contributed by atoms with Crippen LogP contribution in [0.1, 0.15) is 44.9 Å². The summed E-state index contributed by atoms with van der Waals surface area (Å²) >= 11 is 2.35. The highest BCUT2D eigenvalue weighted by Crippen LogP contribution is 2.53. The number of hydrogen-bond donors (Lipinski definition) is 0. The molecule has 4 atom stereocenters. The van der Waals surface area contributed by atoms with Gasteiger partial charge in [-0.2, -0.15) is 5.06 Å². The molecule has 0 N–H and O–H groups in total. The van der Waals surface area contributed by atoms with Gasteiger partial charge < -0.3 is 0 Å². The van der Waals surface area contributed by atoms with Gasteiger partial charge in [0.15, 0.2) is 0 Å². The number of nitrogens with zero attached hydrogens (tertiary/aromatic N) is 1. The van der Waals surface area contributed by atoms with E-state index in [2.05, 4.69) is 50.5 Å². The first-order chi connectivity index (χ1) is 8.81. The van der Waals surface area contributed by atoms with Crippen LogP contribution in [0.2, 0.25) is 0 Å². The molecule has 100 valence electrons. The highest BCUT2D eigenvalue weighted by Gasteiger charge is 2.58. The molecule has 0 radical (unpaired) electrons. The molecule has 2 saturated heterocycles. The van der Waals surface area contributed by atoms with Crippen molar-refractivity contribution in [1.29, 1.82) is 0 Å². The van der Waals surface area contributed by atoms with Crippen molar-refractivity contribution >= 4 is 22.6 Å². The van der Waals surface area contributed by atoms with Crippen LogP contribution in [0.4, 0.5) is 0 Å². The van der Waals surface area contributed by atoms with E-state index in [9.17, 15) is 0 Å². The molecule has 1 saturated carbocycles. The fourth-order valence-electron chi connectivity index (χ4n) is 4.33. The van der Waals surface area contributed by atoms with Crippen molar-refractivity contribution in [2.75, 3.05) is 0 Å². The first kappa shape index (κ1) is 13.1. The summed E-state index contributed by atoms with van der Waals surface area (Å²) in [4.78, 5) is 6.34. The summed E-state index contributed by atoms with van der Waals surface area (Å²) in [5, 5.41) is 2.40. The third-order valence-corrected chi connectivity index (χ3v) is 5.42. The quantitative estimate of drug-likeness (QED) is 0.553. The summed E-state index contributed by atoms with van der Waals surface area (Å²) in [6, 6.07) is 0.560. The Morgan fingerprint density at radius 1 is 1.33 bits per heavy atom. The smallest absolute Gasteiger partial charge is 0.0875 e. The Balaban J connectivity index is 1.92. The molecule has 2 bridgehead atoms. The normalized spacial score (nSPS) is 44.2. The van der Waals surface area contributed by atoms with Crippen molar-refractivity contribution in [3.8, 4) is 0 Å². The molecule has 0 aromatic carbocycles. The highest BCUT2D eigenvalue weighted by molar-refractivity contribution is 14.1. The first-order valence-corrected chi connectivity index (χ1v) is 8.40. The van der Waals surface area contributed by atoms with E-state index >= 15 is 0 Å². The van der Waals surface area contributed by atoms with Crippen molar-refractivity contribution in [2.24, 2.45) is 5.92 Å². The minimum Gasteiger partial charge on any atom is -0.294 e. The van der Waals surface area contributed by atoms with Gasteiger partial charge in [-0.15, -0.1) is 6.58 Å². The van der Waals surface area contributed by atoms with Gasteiger partial charge in [-0.05, 0) is 49.0 Å². The lowest BCUT2D eigenvalue weighted by molar-refractivity contribution is -0.221. The Labute approximate surface area is 124 Å². The lowest BCUT2D eigenvalue weighted by Gasteiger charge is -2.47. The molecule has 18 heavy (non-hydrogen) atoms. The SMILES string of the molecule is C=CC[C@@H]1CCC[C@]23CCC[C@H](ON12)[C@H]3/C=C\I. The Hall–Kier alpha value is 0.130. The van der Waals surface area contributed by atoms with Crippen LogP contribution in [0.5, 0.6) is 0 Å². The second-order valence-electron chi connectivity index (χ2n) is 5.88. The highest BCUT2D eigenvalue weighted by atomic mass is 127. The Bertz CT molecular complexity index is 352. The van der Waals surface area contributed by atoms with Gasteiger partial charge in [0.1, 0.15) is 0 Å². The van der Waals surface area contributed by atoms with E-state index in [4.69, 9.17) is 4.84 Å². The molecule has 1 aliphatic carbocycles. The predicted molar refractivity (Wildman–Crippen MR) is 82.4 cm³/mol. The zero-order valence-electron chi connectivity index (χ0n) is 10.9. The molecule has 0 aromatic rings. The number of fused-ring (bicyclic) bond motifs is 1. The van der Waals surface area contributed by atoms with Crippen molar-refractivity contribution in [3.05, 3.63) is 22.8 Å². The van der Waals surface area contributed by atoms with Crippen LogP contribution in [-0.4, -0.2) is 22.7 Å². The lowest BCUT2D eigenvalue weighted by atomic mass is 9.67. The van der Waals surface area contributed by atoms with Gasteiger partial charge in [0.2, 0.25) is 0 Å². The molecular weight excluding hydrogens is 337 g/mol. The van der Waals surface area contributed by atoms with Gasteiger partial charge in [0.25, 0.3) is 0 Å². The summed E-state index contributed by atoms with van der Waals surface area (Å²) in [7, 11) is 0. The largest absolute Gasteiger partial charge is 0.294 e. The summed E-state index contributed by atoms with van der Waals surface area (Å²) in [6.07, 6.45) is 13.7. The van der Waals surface area contributed by atoms with Gasteiger partial charge in [-0.25, -0.2) is 0 Å². The average molecular weight is 359 g/mol. The van der Waals surface area contributed by atoms with Crippen LogP contribution in [0.25, 0.3) is 0 Å². The summed E-state index contributed by atoms with van der Waals surface area (Å²) in [5.74, 6) is 0.607. The number of hydrogen-bond acceptors (Lipinski definition) is 2. The van der Waals surface area contributed by atoms with E-state index in [0.717, 1.165) is 6.42 Å². The Morgan fingerprint density at radius 3 is 2.83 bits per heavy atom. The van der Waals surface area contributed by atoms with E-state index < -0.39 is 0 Å². The Morgan fingerprint density at radius 2 is 2.11 bits per heavy atom. The third-order valence-electron chi connectivity index (χ3n) is 5.00. The van der Waals surface area contributed by atoms with E-state index in [1.165, 1.54) is 38.5 Å². The maximum Gasteiger partial charge on any atom is 0.0875 e. The third kappa shape index (κ3) is 1.90. The number of halogens is 1. The van der Waals surface area contributed by atoms with Crippen LogP contribution in [-0.2, 0) is 4.84 Å². The van der Waals surface area contributed by atoms with Gasteiger partial charge >= 0.3 is 0 Å². The number of piperidine rings is 1. The average Bonchev–Trinajstić information content (AvgIpc) is 2.56. The molecule has 2 heterocycles. The summed E-state index contributed by atoms with van der Waals surface area (Å²) in [6.45, 7) is 3.91. The second kappa shape index (κ2) is 5.25. The van der Waals surface area contributed by atoms with E-state index in [1.807, 2.05) is 0 Å².